The molecule has 0 saturated heterocycles. The maximum atomic E-state index is 11.9. The van der Waals surface area contributed by atoms with Crippen LogP contribution in [0.4, 0.5) is 0 Å². The largest absolute Gasteiger partial charge is 0.507 e. The molecule has 3 nitrogen and oxygen atoms in total. The summed E-state index contributed by atoms with van der Waals surface area (Å²) in [7, 11) is 1.54. The zero-order valence-electron chi connectivity index (χ0n) is 10.9. The van der Waals surface area contributed by atoms with Crippen molar-refractivity contribution in [1.82, 2.24) is 0 Å². The van der Waals surface area contributed by atoms with Gasteiger partial charge in [0, 0.05) is 13.5 Å². The lowest BCUT2D eigenvalue weighted by molar-refractivity contribution is -0.129. The van der Waals surface area contributed by atoms with E-state index in [0.29, 0.717) is 6.42 Å². The highest BCUT2D eigenvalue weighted by atomic mass is 16.5. The van der Waals surface area contributed by atoms with Gasteiger partial charge in [0.25, 0.3) is 0 Å². The molecule has 1 rings (SSSR count). The average Bonchev–Trinajstić information content (AvgIpc) is 2.27. The van der Waals surface area contributed by atoms with E-state index in [1.165, 1.54) is 7.11 Å². The molecule has 0 aliphatic rings. The highest BCUT2D eigenvalue weighted by Gasteiger charge is 2.20. The molecule has 0 heterocycles. The molecule has 0 spiro atoms. The van der Waals surface area contributed by atoms with Crippen LogP contribution in [0.1, 0.15) is 42.6 Å². The van der Waals surface area contributed by atoms with Crippen LogP contribution < -0.4 is 0 Å². The van der Waals surface area contributed by atoms with Gasteiger partial charge in [0.15, 0.2) is 5.78 Å². The van der Waals surface area contributed by atoms with E-state index < -0.39 is 6.10 Å². The first-order valence-corrected chi connectivity index (χ1v) is 5.86. The zero-order chi connectivity index (χ0) is 13.0. The van der Waals surface area contributed by atoms with Crippen LogP contribution in [0.3, 0.4) is 0 Å². The number of ketones is 1. The van der Waals surface area contributed by atoms with E-state index in [4.69, 9.17) is 4.74 Å². The summed E-state index contributed by atoms with van der Waals surface area (Å²) in [6, 6.07) is 3.62. The highest BCUT2D eigenvalue weighted by molar-refractivity contribution is 5.84. The number of hydrogen-bond acceptors (Lipinski definition) is 3. The predicted molar refractivity (Wildman–Crippen MR) is 67.2 cm³/mol. The third-order valence-electron chi connectivity index (χ3n) is 2.84. The molecule has 0 aliphatic heterocycles. The van der Waals surface area contributed by atoms with Crippen LogP contribution in [0.15, 0.2) is 12.1 Å². The van der Waals surface area contributed by atoms with Gasteiger partial charge < -0.3 is 9.84 Å². The number of carbonyl (C=O) groups excluding carboxylic acids is 1. The summed E-state index contributed by atoms with van der Waals surface area (Å²) in [5.41, 5.74) is 2.36. The molecule has 17 heavy (non-hydrogen) atoms. The van der Waals surface area contributed by atoms with E-state index in [9.17, 15) is 9.90 Å². The normalized spacial score (nSPS) is 12.5. The Bertz CT molecular complexity index is 387. The van der Waals surface area contributed by atoms with Gasteiger partial charge in [0.1, 0.15) is 11.9 Å². The van der Waals surface area contributed by atoms with E-state index in [2.05, 4.69) is 0 Å². The van der Waals surface area contributed by atoms with Crippen LogP contribution in [-0.4, -0.2) is 18.0 Å². The van der Waals surface area contributed by atoms with Crippen LogP contribution >= 0.6 is 0 Å². The lowest BCUT2D eigenvalue weighted by Gasteiger charge is -2.16. The monoisotopic (exact) mass is 236 g/mol. The number of aromatic hydroxyl groups is 1. The number of carbonyl (C=O) groups is 1. The number of ether oxygens (including phenoxy) is 1. The maximum Gasteiger partial charge on any atom is 0.166 e. The van der Waals surface area contributed by atoms with E-state index in [1.54, 1.807) is 0 Å². The summed E-state index contributed by atoms with van der Waals surface area (Å²) in [5, 5.41) is 9.70. The van der Waals surface area contributed by atoms with E-state index in [-0.39, 0.29) is 11.5 Å². The van der Waals surface area contributed by atoms with Crippen molar-refractivity contribution in [3.8, 4) is 5.75 Å². The number of Topliss-reactive ketones (excluding diaryl/α,β-unsaturated/α-hetero) is 1. The molecule has 0 radical (unpaired) electrons. The quantitative estimate of drug-likeness (QED) is 0.854. The molecule has 0 saturated carbocycles. The summed E-state index contributed by atoms with van der Waals surface area (Å²) >= 11 is 0. The Balaban J connectivity index is 3.08. The Hall–Kier alpha value is -1.35. The van der Waals surface area contributed by atoms with Gasteiger partial charge in [-0.15, -0.1) is 0 Å². The zero-order valence-corrected chi connectivity index (χ0v) is 10.9. The summed E-state index contributed by atoms with van der Waals surface area (Å²) < 4.78 is 5.27. The molecule has 94 valence electrons. The number of phenols is 1. The fourth-order valence-electron chi connectivity index (χ4n) is 1.97. The lowest BCUT2D eigenvalue weighted by Crippen LogP contribution is -2.14. The highest BCUT2D eigenvalue weighted by Crippen LogP contribution is 2.28. The van der Waals surface area contributed by atoms with E-state index >= 15 is 0 Å². The van der Waals surface area contributed by atoms with Crippen LogP contribution in [0.25, 0.3) is 0 Å². The van der Waals surface area contributed by atoms with Gasteiger partial charge in [0.05, 0.1) is 0 Å². The first-order valence-electron chi connectivity index (χ1n) is 5.86. The Kier molecular flexibility index (Phi) is 4.70. The molecule has 0 bridgehead atoms. The molecule has 1 aromatic rings. The van der Waals surface area contributed by atoms with E-state index in [0.717, 1.165) is 23.1 Å². The van der Waals surface area contributed by atoms with Gasteiger partial charge in [-0.25, -0.2) is 0 Å². The number of benzene rings is 1. The molecule has 0 aliphatic carbocycles. The first kappa shape index (κ1) is 13.7. The Morgan fingerprint density at radius 1 is 1.35 bits per heavy atom. The van der Waals surface area contributed by atoms with Crippen molar-refractivity contribution in [3.63, 3.8) is 0 Å². The van der Waals surface area contributed by atoms with E-state index in [1.807, 2.05) is 32.9 Å². The van der Waals surface area contributed by atoms with Gasteiger partial charge in [-0.05, 0) is 49.1 Å². The van der Waals surface area contributed by atoms with Crippen molar-refractivity contribution in [2.75, 3.05) is 7.11 Å². The number of phenolic OH excluding ortho intramolecular Hbond substituents is 1. The van der Waals surface area contributed by atoms with Gasteiger partial charge >= 0.3 is 0 Å². The van der Waals surface area contributed by atoms with Gasteiger partial charge in [0.2, 0.25) is 0 Å². The molecule has 0 aromatic heterocycles. The molecule has 0 fully saturated rings. The molecular formula is C14H20O3. The van der Waals surface area contributed by atoms with Crippen LogP contribution in [0.2, 0.25) is 0 Å². The third kappa shape index (κ3) is 3.07. The van der Waals surface area contributed by atoms with Crippen molar-refractivity contribution in [3.05, 3.63) is 28.8 Å². The smallest absolute Gasteiger partial charge is 0.166 e. The van der Waals surface area contributed by atoms with Crippen molar-refractivity contribution in [1.29, 1.82) is 0 Å². The minimum absolute atomic E-state index is 0.0829. The molecule has 1 aromatic carbocycles. The standard InChI is InChI=1S/C14H20O3/c1-5-6-12(15)14(17-4)11-7-9(2)13(16)10(3)8-11/h7-8,14,16H,5-6H2,1-4H3. The molecular weight excluding hydrogens is 216 g/mol. The van der Waals surface area contributed by atoms with Crippen molar-refractivity contribution < 1.29 is 14.6 Å². The van der Waals surface area contributed by atoms with Crippen molar-refractivity contribution in [2.24, 2.45) is 0 Å². The van der Waals surface area contributed by atoms with Gasteiger partial charge in [-0.2, -0.15) is 0 Å². The molecule has 0 amide bonds. The fraction of sp³-hybridized carbons (Fsp3) is 0.500. The predicted octanol–water partition coefficient (Wildman–Crippen LogP) is 3.07. The second-order valence-corrected chi connectivity index (χ2v) is 4.34. The Labute approximate surface area is 102 Å². The first-order chi connectivity index (χ1) is 8.01. The summed E-state index contributed by atoms with van der Waals surface area (Å²) in [5.74, 6) is 0.367. The minimum Gasteiger partial charge on any atom is -0.507 e. The number of methoxy groups -OCH3 is 1. The topological polar surface area (TPSA) is 46.5 Å². The Morgan fingerprint density at radius 3 is 2.29 bits per heavy atom. The molecule has 1 unspecified atom stereocenters. The number of aryl methyl sites for hydroxylation is 2. The summed E-state index contributed by atoms with van der Waals surface area (Å²) in [6.07, 6.45) is 0.805. The van der Waals surface area contributed by atoms with Crippen LogP contribution in [0.5, 0.6) is 5.75 Å². The van der Waals surface area contributed by atoms with Crippen molar-refractivity contribution >= 4 is 5.78 Å². The summed E-state index contributed by atoms with van der Waals surface area (Å²) in [4.78, 5) is 11.9. The fourth-order valence-corrected chi connectivity index (χ4v) is 1.97. The number of hydrogen-bond donors (Lipinski definition) is 1. The van der Waals surface area contributed by atoms with Crippen LogP contribution in [0, 0.1) is 13.8 Å². The lowest BCUT2D eigenvalue weighted by atomic mass is 9.98. The second kappa shape index (κ2) is 5.82. The summed E-state index contributed by atoms with van der Waals surface area (Å²) in [6.45, 7) is 5.61. The van der Waals surface area contributed by atoms with Gasteiger partial charge in [-0.1, -0.05) is 6.92 Å². The number of rotatable bonds is 5. The molecule has 3 heteroatoms. The Morgan fingerprint density at radius 2 is 1.88 bits per heavy atom. The third-order valence-corrected chi connectivity index (χ3v) is 2.84. The van der Waals surface area contributed by atoms with Crippen molar-refractivity contribution in [2.45, 2.75) is 39.7 Å². The second-order valence-electron chi connectivity index (χ2n) is 4.34. The molecule has 1 N–H and O–H groups in total. The van der Waals surface area contributed by atoms with Gasteiger partial charge in [-0.3, -0.25) is 4.79 Å². The minimum atomic E-state index is -0.520. The van der Waals surface area contributed by atoms with Crippen LogP contribution in [-0.2, 0) is 9.53 Å². The SMILES string of the molecule is CCCC(=O)C(OC)c1cc(C)c(O)c(C)c1. The average molecular weight is 236 g/mol. The maximum absolute atomic E-state index is 11.9. The molecule has 1 atom stereocenters.